The molecule has 0 aliphatic heterocycles. The lowest BCUT2D eigenvalue weighted by atomic mass is 10.2. The summed E-state index contributed by atoms with van der Waals surface area (Å²) in [4.78, 5) is 11.8. The minimum absolute atomic E-state index is 0.345. The second-order valence-corrected chi connectivity index (χ2v) is 5.15. The maximum absolute atomic E-state index is 11.8. The van der Waals surface area contributed by atoms with Crippen LogP contribution in [0.3, 0.4) is 0 Å². The van der Waals surface area contributed by atoms with Crippen LogP contribution in [0.5, 0.6) is 5.75 Å². The number of nitrogens with zero attached hydrogens (tertiary/aromatic N) is 1. The molecule has 0 aromatic heterocycles. The summed E-state index contributed by atoms with van der Waals surface area (Å²) in [6, 6.07) is 9.77. The topological polar surface area (TPSA) is 76.7 Å². The highest BCUT2D eigenvalue weighted by Crippen LogP contribution is 2.33. The molecule has 0 radical (unpaired) electrons. The monoisotopic (exact) mass is 337 g/mol. The number of carbonyl (C=O) groups excluding carboxylic acids is 1. The van der Waals surface area contributed by atoms with E-state index in [1.54, 1.807) is 36.4 Å². The number of nitrogens with one attached hydrogen (secondary N) is 1. The lowest BCUT2D eigenvalue weighted by Crippen LogP contribution is -2.17. The summed E-state index contributed by atoms with van der Waals surface area (Å²) in [7, 11) is 1.48. The predicted octanol–water partition coefficient (Wildman–Crippen LogP) is 3.35. The molecule has 114 valence electrons. The van der Waals surface area contributed by atoms with Gasteiger partial charge in [0.1, 0.15) is 0 Å². The summed E-state index contributed by atoms with van der Waals surface area (Å²) >= 11 is 12.0. The van der Waals surface area contributed by atoms with Crippen LogP contribution >= 0.6 is 23.2 Å². The first-order chi connectivity index (χ1) is 10.5. The van der Waals surface area contributed by atoms with Crippen molar-refractivity contribution in [1.82, 2.24) is 5.43 Å². The first kappa shape index (κ1) is 16.1. The number of anilines is 1. The van der Waals surface area contributed by atoms with Crippen LogP contribution in [0.2, 0.25) is 10.0 Å². The van der Waals surface area contributed by atoms with E-state index in [2.05, 4.69) is 10.5 Å². The number of hydrazone groups is 1. The number of carbonyl (C=O) groups is 1. The summed E-state index contributed by atoms with van der Waals surface area (Å²) in [6.07, 6.45) is 1.44. The molecule has 1 amide bonds. The van der Waals surface area contributed by atoms with Crippen molar-refractivity contribution in [2.24, 2.45) is 5.10 Å². The number of benzene rings is 2. The van der Waals surface area contributed by atoms with Crippen LogP contribution in [-0.4, -0.2) is 19.2 Å². The van der Waals surface area contributed by atoms with Gasteiger partial charge in [0.2, 0.25) is 0 Å². The number of nitrogen functional groups attached to an aromatic ring is 1. The van der Waals surface area contributed by atoms with E-state index >= 15 is 0 Å². The van der Waals surface area contributed by atoms with Gasteiger partial charge < -0.3 is 10.5 Å². The highest BCUT2D eigenvalue weighted by atomic mass is 35.5. The first-order valence-electron chi connectivity index (χ1n) is 6.23. The van der Waals surface area contributed by atoms with Crippen molar-refractivity contribution in [1.29, 1.82) is 0 Å². The fourth-order valence-corrected chi connectivity index (χ4v) is 2.37. The summed E-state index contributed by atoms with van der Waals surface area (Å²) < 4.78 is 5.05. The van der Waals surface area contributed by atoms with Gasteiger partial charge in [0, 0.05) is 11.3 Å². The Morgan fingerprint density at radius 2 is 1.82 bits per heavy atom. The van der Waals surface area contributed by atoms with Crippen molar-refractivity contribution in [3.8, 4) is 5.75 Å². The van der Waals surface area contributed by atoms with E-state index in [9.17, 15) is 4.79 Å². The lowest BCUT2D eigenvalue weighted by Gasteiger charge is -2.06. The van der Waals surface area contributed by atoms with Crippen molar-refractivity contribution in [2.75, 3.05) is 12.8 Å². The summed E-state index contributed by atoms with van der Waals surface area (Å²) in [5.41, 5.74) is 9.64. The zero-order valence-corrected chi connectivity index (χ0v) is 13.2. The molecule has 0 spiro atoms. The molecule has 0 unspecified atom stereocenters. The van der Waals surface area contributed by atoms with Crippen LogP contribution in [0.25, 0.3) is 0 Å². The number of hydrogen-bond donors (Lipinski definition) is 2. The Labute approximate surface area is 137 Å². The predicted molar refractivity (Wildman–Crippen MR) is 88.9 cm³/mol. The molecule has 0 aliphatic carbocycles. The molecule has 0 atom stereocenters. The molecule has 0 bridgehead atoms. The van der Waals surface area contributed by atoms with Crippen LogP contribution < -0.4 is 15.9 Å². The van der Waals surface area contributed by atoms with Gasteiger partial charge in [-0.15, -0.1) is 0 Å². The number of methoxy groups -OCH3 is 1. The Kier molecular flexibility index (Phi) is 5.25. The SMILES string of the molecule is COc1c(Cl)cc(/C=N\NC(=O)c2ccc(N)cc2)cc1Cl. The molecular formula is C15H13Cl2N3O2. The number of hydrogen-bond acceptors (Lipinski definition) is 4. The average Bonchev–Trinajstić information content (AvgIpc) is 2.47. The van der Waals surface area contributed by atoms with Gasteiger partial charge in [-0.3, -0.25) is 4.79 Å². The number of halogens is 2. The van der Waals surface area contributed by atoms with E-state index in [1.807, 2.05) is 0 Å². The van der Waals surface area contributed by atoms with Gasteiger partial charge in [0.05, 0.1) is 23.4 Å². The van der Waals surface area contributed by atoms with Crippen molar-refractivity contribution in [3.63, 3.8) is 0 Å². The van der Waals surface area contributed by atoms with Gasteiger partial charge in [0.15, 0.2) is 5.75 Å². The molecular weight excluding hydrogens is 325 g/mol. The van der Waals surface area contributed by atoms with Crippen molar-refractivity contribution >= 4 is 41.0 Å². The van der Waals surface area contributed by atoms with Gasteiger partial charge >= 0.3 is 0 Å². The Bertz CT molecular complexity index is 692. The first-order valence-corrected chi connectivity index (χ1v) is 6.99. The van der Waals surface area contributed by atoms with Gasteiger partial charge in [-0.05, 0) is 42.0 Å². The van der Waals surface area contributed by atoms with Crippen molar-refractivity contribution in [3.05, 3.63) is 57.6 Å². The molecule has 3 N–H and O–H groups in total. The largest absolute Gasteiger partial charge is 0.494 e. The molecule has 22 heavy (non-hydrogen) atoms. The number of rotatable bonds is 4. The standard InChI is InChI=1S/C15H13Cl2N3O2/c1-22-14-12(16)6-9(7-13(14)17)8-19-20-15(21)10-2-4-11(18)5-3-10/h2-8H,18H2,1H3,(H,20,21)/b19-8-. The highest BCUT2D eigenvalue weighted by molar-refractivity contribution is 6.37. The van der Waals surface area contributed by atoms with Gasteiger partial charge in [-0.1, -0.05) is 23.2 Å². The minimum Gasteiger partial charge on any atom is -0.494 e. The molecule has 2 rings (SSSR count). The van der Waals surface area contributed by atoms with Crippen LogP contribution in [-0.2, 0) is 0 Å². The quantitative estimate of drug-likeness (QED) is 0.510. The fraction of sp³-hybridized carbons (Fsp3) is 0.0667. The van der Waals surface area contributed by atoms with Gasteiger partial charge in [-0.2, -0.15) is 5.10 Å². The molecule has 5 nitrogen and oxygen atoms in total. The van der Waals surface area contributed by atoms with Crippen molar-refractivity contribution in [2.45, 2.75) is 0 Å². The van der Waals surface area contributed by atoms with E-state index in [1.165, 1.54) is 13.3 Å². The second-order valence-electron chi connectivity index (χ2n) is 4.34. The van der Waals surface area contributed by atoms with Crippen molar-refractivity contribution < 1.29 is 9.53 Å². The third kappa shape index (κ3) is 3.90. The molecule has 0 saturated heterocycles. The summed E-state index contributed by atoms with van der Waals surface area (Å²) in [5.74, 6) is 0.0494. The fourth-order valence-electron chi connectivity index (χ4n) is 1.71. The number of nitrogens with two attached hydrogens (primary N) is 1. The smallest absolute Gasteiger partial charge is 0.271 e. The molecule has 7 heteroatoms. The number of amides is 1. The zero-order chi connectivity index (χ0) is 16.1. The van der Waals surface area contributed by atoms with Crippen LogP contribution in [0.15, 0.2) is 41.5 Å². The number of ether oxygens (including phenoxy) is 1. The van der Waals surface area contributed by atoms with E-state index in [-0.39, 0.29) is 5.91 Å². The highest BCUT2D eigenvalue weighted by Gasteiger charge is 2.08. The molecule has 0 saturated carbocycles. The maximum Gasteiger partial charge on any atom is 0.271 e. The normalized spacial score (nSPS) is 10.7. The minimum atomic E-state index is -0.345. The van der Waals surface area contributed by atoms with E-state index in [4.69, 9.17) is 33.7 Å². The molecule has 0 aliphatic rings. The van der Waals surface area contributed by atoms with E-state index in [0.717, 1.165) is 0 Å². The maximum atomic E-state index is 11.8. The Hall–Kier alpha value is -2.24. The van der Waals surface area contributed by atoms with Gasteiger partial charge in [-0.25, -0.2) is 5.43 Å². The van der Waals surface area contributed by atoms with Crippen LogP contribution in [0.1, 0.15) is 15.9 Å². The zero-order valence-electron chi connectivity index (χ0n) is 11.6. The lowest BCUT2D eigenvalue weighted by molar-refractivity contribution is 0.0955. The second kappa shape index (κ2) is 7.15. The van der Waals surface area contributed by atoms with Gasteiger partial charge in [0.25, 0.3) is 5.91 Å². The molecule has 2 aromatic carbocycles. The Morgan fingerprint density at radius 3 is 2.36 bits per heavy atom. The molecule has 0 heterocycles. The Balaban J connectivity index is 2.06. The third-order valence-corrected chi connectivity index (χ3v) is 3.34. The summed E-state index contributed by atoms with van der Waals surface area (Å²) in [6.45, 7) is 0. The van der Waals surface area contributed by atoms with Crippen LogP contribution in [0, 0.1) is 0 Å². The van der Waals surface area contributed by atoms with E-state index < -0.39 is 0 Å². The Morgan fingerprint density at radius 1 is 1.23 bits per heavy atom. The average molecular weight is 338 g/mol. The van der Waals surface area contributed by atoms with Crippen LogP contribution in [0.4, 0.5) is 5.69 Å². The molecule has 2 aromatic rings. The summed E-state index contributed by atoms with van der Waals surface area (Å²) in [5, 5.41) is 4.59. The molecule has 0 fully saturated rings. The third-order valence-electron chi connectivity index (χ3n) is 2.78. The van der Waals surface area contributed by atoms with E-state index in [0.29, 0.717) is 32.6 Å².